The van der Waals surface area contributed by atoms with Crippen LogP contribution in [0.4, 0.5) is 24.9 Å². The first-order chi connectivity index (χ1) is 15.8. The Bertz CT molecular complexity index is 1130. The van der Waals surface area contributed by atoms with Crippen molar-refractivity contribution in [3.63, 3.8) is 0 Å². The van der Waals surface area contributed by atoms with E-state index in [1.807, 2.05) is 24.3 Å². The van der Waals surface area contributed by atoms with Gasteiger partial charge in [0, 0.05) is 6.61 Å². The second-order valence-electron chi connectivity index (χ2n) is 7.76. The van der Waals surface area contributed by atoms with Crippen molar-refractivity contribution in [1.29, 1.82) is 0 Å². The number of aryl methyl sites for hydroxylation is 1. The van der Waals surface area contributed by atoms with Crippen LogP contribution in [0.3, 0.4) is 0 Å². The lowest BCUT2D eigenvalue weighted by Gasteiger charge is -2.19. The summed E-state index contributed by atoms with van der Waals surface area (Å²) in [6, 6.07) is 7.34. The Kier molecular flexibility index (Phi) is 6.66. The third kappa shape index (κ3) is 5.33. The number of halogens is 3. The molecule has 3 aromatic rings. The number of aliphatic hydroxyl groups excluding tert-OH is 1. The number of rotatable bonds is 7. The molecule has 1 aliphatic carbocycles. The van der Waals surface area contributed by atoms with Gasteiger partial charge in [-0.2, -0.15) is 18.2 Å². The normalized spacial score (nSPS) is 19.9. The first-order valence-corrected chi connectivity index (χ1v) is 11.1. The monoisotopic (exact) mass is 480 g/mol. The van der Waals surface area contributed by atoms with Crippen LogP contribution in [0, 0.1) is 12.8 Å². The number of benzene rings is 1. The Balaban J connectivity index is 1.76. The molecule has 0 aliphatic heterocycles. The molecule has 0 radical (unpaired) electrons. The number of fused-ring (bicyclic) bond motifs is 1. The molecule has 4 rings (SSSR count). The average Bonchev–Trinajstić information content (AvgIpc) is 3.35. The molecule has 12 heteroatoms. The third-order valence-corrected chi connectivity index (χ3v) is 6.35. The molecule has 3 N–H and O–H groups in total. The minimum absolute atomic E-state index is 0.00643. The van der Waals surface area contributed by atoms with Crippen molar-refractivity contribution in [3.05, 3.63) is 30.0 Å². The van der Waals surface area contributed by atoms with E-state index in [1.54, 1.807) is 6.92 Å². The minimum Gasteiger partial charge on any atom is -0.399 e. The fourth-order valence-electron chi connectivity index (χ4n) is 3.83. The van der Waals surface area contributed by atoms with E-state index < -0.39 is 12.7 Å². The van der Waals surface area contributed by atoms with Gasteiger partial charge in [0.15, 0.2) is 0 Å². The van der Waals surface area contributed by atoms with E-state index in [0.29, 0.717) is 40.6 Å². The topological polar surface area (TPSA) is 105 Å². The van der Waals surface area contributed by atoms with Gasteiger partial charge in [0.25, 0.3) is 0 Å². The largest absolute Gasteiger partial charge is 0.405 e. The van der Waals surface area contributed by atoms with E-state index in [9.17, 15) is 18.3 Å². The number of anilines is 2. The number of nitrogens with zero attached hydrogens (tertiary/aromatic N) is 4. The zero-order valence-corrected chi connectivity index (χ0v) is 18.8. The summed E-state index contributed by atoms with van der Waals surface area (Å²) < 4.78 is 39.2. The molecule has 33 heavy (non-hydrogen) atoms. The molecule has 0 bridgehead atoms. The number of aliphatic hydroxyl groups is 1. The smallest absolute Gasteiger partial charge is 0.399 e. The molecule has 176 valence electrons. The van der Waals surface area contributed by atoms with Gasteiger partial charge in [-0.25, -0.2) is 9.97 Å². The number of alkyl halides is 3. The van der Waals surface area contributed by atoms with Crippen molar-refractivity contribution in [1.82, 2.24) is 15.0 Å². The highest BCUT2D eigenvalue weighted by atomic mass is 32.1. The van der Waals surface area contributed by atoms with Gasteiger partial charge >= 0.3 is 6.18 Å². The lowest BCUT2D eigenvalue weighted by molar-refractivity contribution is -0.115. The number of oxime groups is 1. The maximum Gasteiger partial charge on any atom is 0.405 e. The molecular formula is C21H23F3N6O2S. The molecule has 0 saturated heterocycles. The summed E-state index contributed by atoms with van der Waals surface area (Å²) in [5.74, 6) is 0.200. The summed E-state index contributed by atoms with van der Waals surface area (Å²) in [4.78, 5) is 18.3. The average molecular weight is 481 g/mol. The Morgan fingerprint density at radius 1 is 1.24 bits per heavy atom. The fourth-order valence-corrected chi connectivity index (χ4v) is 4.89. The maximum absolute atomic E-state index is 12.8. The van der Waals surface area contributed by atoms with Crippen LogP contribution in [0.15, 0.2) is 29.4 Å². The van der Waals surface area contributed by atoms with Gasteiger partial charge < -0.3 is 20.6 Å². The van der Waals surface area contributed by atoms with Gasteiger partial charge in [-0.05, 0) is 37.8 Å². The van der Waals surface area contributed by atoms with E-state index in [1.165, 1.54) is 18.4 Å². The van der Waals surface area contributed by atoms with Gasteiger partial charge in [-0.3, -0.25) is 0 Å². The summed E-state index contributed by atoms with van der Waals surface area (Å²) in [6.07, 6.45) is -3.29. The van der Waals surface area contributed by atoms with Crippen LogP contribution in [0.5, 0.6) is 0 Å². The number of nitrogens with one attached hydrogen (secondary N) is 2. The molecule has 2 aromatic heterocycles. The van der Waals surface area contributed by atoms with Crippen molar-refractivity contribution in [2.75, 3.05) is 30.9 Å². The molecule has 0 spiro atoms. The SMILES string of the molecule is CON=C1CC(CO)CC1Nc1nc(NCC(F)(F)F)nc(C)c1-c1nc2ccccc2s1. The highest BCUT2D eigenvalue weighted by Crippen LogP contribution is 2.37. The van der Waals surface area contributed by atoms with Gasteiger partial charge in [-0.1, -0.05) is 17.3 Å². The minimum atomic E-state index is -4.41. The Morgan fingerprint density at radius 2 is 2.03 bits per heavy atom. The molecule has 2 atom stereocenters. The molecule has 0 amide bonds. The van der Waals surface area contributed by atoms with Crippen molar-refractivity contribution >= 4 is 39.0 Å². The molecule has 1 saturated carbocycles. The Morgan fingerprint density at radius 3 is 2.73 bits per heavy atom. The quantitative estimate of drug-likeness (QED) is 0.435. The first kappa shape index (κ1) is 23.2. The maximum atomic E-state index is 12.8. The summed E-state index contributed by atoms with van der Waals surface area (Å²) >= 11 is 1.45. The molecule has 1 fully saturated rings. The Hall–Kier alpha value is -2.99. The second-order valence-corrected chi connectivity index (χ2v) is 8.79. The third-order valence-electron chi connectivity index (χ3n) is 5.29. The van der Waals surface area contributed by atoms with E-state index in [-0.39, 0.29) is 24.5 Å². The predicted molar refractivity (Wildman–Crippen MR) is 122 cm³/mol. The van der Waals surface area contributed by atoms with Crippen LogP contribution in [0.1, 0.15) is 18.5 Å². The lowest BCUT2D eigenvalue weighted by atomic mass is 10.1. The second kappa shape index (κ2) is 9.48. The van der Waals surface area contributed by atoms with Crippen LogP contribution in [-0.4, -0.2) is 58.2 Å². The molecular weight excluding hydrogens is 457 g/mol. The van der Waals surface area contributed by atoms with Gasteiger partial charge in [0.05, 0.1) is 33.2 Å². The molecule has 2 unspecified atom stereocenters. The number of hydrogen-bond donors (Lipinski definition) is 3. The number of aromatic nitrogens is 3. The Labute approximate surface area is 191 Å². The zero-order chi connectivity index (χ0) is 23.6. The summed E-state index contributed by atoms with van der Waals surface area (Å²) in [5, 5.41) is 19.9. The molecule has 2 heterocycles. The highest BCUT2D eigenvalue weighted by molar-refractivity contribution is 7.21. The van der Waals surface area contributed by atoms with Crippen LogP contribution in [0.2, 0.25) is 0 Å². The van der Waals surface area contributed by atoms with Crippen LogP contribution < -0.4 is 10.6 Å². The van der Waals surface area contributed by atoms with Crippen LogP contribution in [0.25, 0.3) is 20.8 Å². The molecule has 8 nitrogen and oxygen atoms in total. The fraction of sp³-hybridized carbons (Fsp3) is 0.429. The van der Waals surface area contributed by atoms with Crippen LogP contribution in [-0.2, 0) is 4.84 Å². The van der Waals surface area contributed by atoms with Crippen molar-refractivity contribution in [2.45, 2.75) is 32.0 Å². The zero-order valence-electron chi connectivity index (χ0n) is 18.0. The number of para-hydroxylation sites is 1. The molecule has 1 aliphatic rings. The number of thiazole rings is 1. The predicted octanol–water partition coefficient (Wildman–Crippen LogP) is 4.22. The summed E-state index contributed by atoms with van der Waals surface area (Å²) in [7, 11) is 1.44. The summed E-state index contributed by atoms with van der Waals surface area (Å²) in [5.41, 5.74) is 2.61. The van der Waals surface area contributed by atoms with Crippen molar-refractivity contribution in [2.24, 2.45) is 11.1 Å². The van der Waals surface area contributed by atoms with E-state index >= 15 is 0 Å². The standard InChI is InChI=1S/C21H23F3N6O2S/c1-11-17(19-28-13-5-3-4-6-16(13)33-19)18(29-20(26-11)25-10-21(22,23)24)27-14-7-12(9-31)8-15(14)30-32-2/h3-6,12,14,31H,7-10H2,1-2H3,(H2,25,26,27,29). The van der Waals surface area contributed by atoms with Crippen LogP contribution >= 0.6 is 11.3 Å². The van der Waals surface area contributed by atoms with E-state index in [2.05, 4.69) is 30.7 Å². The molecule has 1 aromatic carbocycles. The first-order valence-electron chi connectivity index (χ1n) is 10.3. The van der Waals surface area contributed by atoms with E-state index in [0.717, 1.165) is 10.2 Å². The van der Waals surface area contributed by atoms with Crippen molar-refractivity contribution < 1.29 is 23.1 Å². The number of hydrogen-bond acceptors (Lipinski definition) is 9. The van der Waals surface area contributed by atoms with Gasteiger partial charge in [-0.15, -0.1) is 11.3 Å². The summed E-state index contributed by atoms with van der Waals surface area (Å²) in [6.45, 7) is 0.452. The van der Waals surface area contributed by atoms with Crippen molar-refractivity contribution in [3.8, 4) is 10.6 Å². The van der Waals surface area contributed by atoms with Gasteiger partial charge in [0.1, 0.15) is 24.5 Å². The van der Waals surface area contributed by atoms with E-state index in [4.69, 9.17) is 4.84 Å². The lowest BCUT2D eigenvalue weighted by Crippen LogP contribution is -2.27. The highest BCUT2D eigenvalue weighted by Gasteiger charge is 2.33. The van der Waals surface area contributed by atoms with Gasteiger partial charge in [0.2, 0.25) is 5.95 Å².